The Labute approximate surface area is 211 Å². The van der Waals surface area contributed by atoms with E-state index in [-0.39, 0.29) is 0 Å². The van der Waals surface area contributed by atoms with E-state index in [1.807, 2.05) is 12.1 Å². The molecule has 0 amide bonds. The fourth-order valence-corrected chi connectivity index (χ4v) is 3.90. The van der Waals surface area contributed by atoms with Crippen LogP contribution in [0, 0.1) is 0 Å². The summed E-state index contributed by atoms with van der Waals surface area (Å²) in [4.78, 5) is 0. The van der Waals surface area contributed by atoms with Crippen molar-refractivity contribution in [2.75, 3.05) is 39.6 Å². The van der Waals surface area contributed by atoms with Crippen LogP contribution in [-0.2, 0) is 32.2 Å². The SMILES string of the molecule is Clc1cccc(Cl)c1COCCOCCCCCCOCCOCc1c(Cl)cccc1Cl. The summed E-state index contributed by atoms with van der Waals surface area (Å²) in [6, 6.07) is 10.9. The Kier molecular flexibility index (Phi) is 14.7. The lowest BCUT2D eigenvalue weighted by Gasteiger charge is -2.09. The van der Waals surface area contributed by atoms with Gasteiger partial charge in [-0.05, 0) is 37.1 Å². The minimum atomic E-state index is 0.390. The van der Waals surface area contributed by atoms with Gasteiger partial charge in [-0.2, -0.15) is 0 Å². The zero-order valence-corrected chi connectivity index (χ0v) is 21.1. The van der Waals surface area contributed by atoms with Crippen molar-refractivity contribution in [2.24, 2.45) is 0 Å². The van der Waals surface area contributed by atoms with Gasteiger partial charge in [0.2, 0.25) is 0 Å². The van der Waals surface area contributed by atoms with Crippen LogP contribution in [0.2, 0.25) is 20.1 Å². The van der Waals surface area contributed by atoms with Crippen LogP contribution in [0.25, 0.3) is 0 Å². The van der Waals surface area contributed by atoms with Crippen LogP contribution in [0.15, 0.2) is 36.4 Å². The maximum atomic E-state index is 6.11. The highest BCUT2D eigenvalue weighted by atomic mass is 35.5. The molecule has 0 aliphatic heterocycles. The highest BCUT2D eigenvalue weighted by molar-refractivity contribution is 6.36. The zero-order valence-electron chi connectivity index (χ0n) is 18.1. The van der Waals surface area contributed by atoms with Crippen LogP contribution in [0.1, 0.15) is 36.8 Å². The molecule has 0 aliphatic rings. The number of benzene rings is 2. The molecule has 4 nitrogen and oxygen atoms in total. The Hall–Kier alpha value is -0.560. The average Bonchev–Trinajstić information content (AvgIpc) is 2.77. The Morgan fingerprint density at radius 2 is 0.781 bits per heavy atom. The summed E-state index contributed by atoms with van der Waals surface area (Å²) in [5.74, 6) is 0. The number of halogens is 4. The van der Waals surface area contributed by atoms with E-state index < -0.39 is 0 Å². The van der Waals surface area contributed by atoms with Crippen molar-refractivity contribution in [1.29, 1.82) is 0 Å². The summed E-state index contributed by atoms with van der Waals surface area (Å²) >= 11 is 24.4. The van der Waals surface area contributed by atoms with Gasteiger partial charge in [0.1, 0.15) is 0 Å². The molecule has 0 heterocycles. The van der Waals surface area contributed by atoms with Crippen molar-refractivity contribution < 1.29 is 18.9 Å². The highest BCUT2D eigenvalue weighted by Crippen LogP contribution is 2.25. The third kappa shape index (κ3) is 11.0. The molecule has 0 fully saturated rings. The number of hydrogen-bond donors (Lipinski definition) is 0. The van der Waals surface area contributed by atoms with Crippen molar-refractivity contribution in [3.8, 4) is 0 Å². The first-order valence-corrected chi connectivity index (χ1v) is 12.3. The number of hydrogen-bond acceptors (Lipinski definition) is 4. The average molecular weight is 524 g/mol. The topological polar surface area (TPSA) is 36.9 Å². The Bertz CT molecular complexity index is 683. The molecule has 178 valence electrons. The zero-order chi connectivity index (χ0) is 23.0. The minimum absolute atomic E-state index is 0.390. The van der Waals surface area contributed by atoms with Crippen LogP contribution in [0.3, 0.4) is 0 Å². The van der Waals surface area contributed by atoms with E-state index >= 15 is 0 Å². The first-order valence-electron chi connectivity index (χ1n) is 10.8. The lowest BCUT2D eigenvalue weighted by atomic mass is 10.2. The Balaban J connectivity index is 1.33. The molecule has 2 aromatic rings. The molecular formula is C24H30Cl4O4. The van der Waals surface area contributed by atoms with Crippen molar-refractivity contribution in [3.63, 3.8) is 0 Å². The molecule has 0 aromatic heterocycles. The molecule has 0 saturated carbocycles. The van der Waals surface area contributed by atoms with Crippen molar-refractivity contribution >= 4 is 46.4 Å². The Morgan fingerprint density at radius 1 is 0.438 bits per heavy atom. The molecular weight excluding hydrogens is 494 g/mol. The number of ether oxygens (including phenoxy) is 4. The van der Waals surface area contributed by atoms with E-state index in [1.165, 1.54) is 0 Å². The lowest BCUT2D eigenvalue weighted by Crippen LogP contribution is -2.06. The van der Waals surface area contributed by atoms with Crippen LogP contribution in [0.5, 0.6) is 0 Å². The molecule has 0 radical (unpaired) electrons. The van der Waals surface area contributed by atoms with Crippen LogP contribution in [-0.4, -0.2) is 39.6 Å². The summed E-state index contributed by atoms with van der Waals surface area (Å²) in [6.07, 6.45) is 4.28. The van der Waals surface area contributed by atoms with E-state index in [0.717, 1.165) is 50.0 Å². The van der Waals surface area contributed by atoms with Crippen molar-refractivity contribution in [1.82, 2.24) is 0 Å². The number of rotatable bonds is 17. The molecule has 32 heavy (non-hydrogen) atoms. The third-order valence-electron chi connectivity index (χ3n) is 4.69. The fourth-order valence-electron chi connectivity index (χ4n) is 2.89. The molecule has 0 N–H and O–H groups in total. The molecule has 0 bridgehead atoms. The molecule has 0 saturated heterocycles. The minimum Gasteiger partial charge on any atom is -0.379 e. The third-order valence-corrected chi connectivity index (χ3v) is 6.10. The van der Waals surface area contributed by atoms with Gasteiger partial charge in [-0.25, -0.2) is 0 Å². The summed E-state index contributed by atoms with van der Waals surface area (Å²) in [6.45, 7) is 4.39. The summed E-state index contributed by atoms with van der Waals surface area (Å²) < 4.78 is 22.4. The monoisotopic (exact) mass is 522 g/mol. The van der Waals surface area contributed by atoms with E-state index in [0.29, 0.717) is 59.7 Å². The van der Waals surface area contributed by atoms with Crippen LogP contribution < -0.4 is 0 Å². The van der Waals surface area contributed by atoms with Gasteiger partial charge in [-0.15, -0.1) is 0 Å². The summed E-state index contributed by atoms with van der Waals surface area (Å²) in [7, 11) is 0. The van der Waals surface area contributed by atoms with Gasteiger partial charge < -0.3 is 18.9 Å². The Morgan fingerprint density at radius 3 is 1.16 bits per heavy atom. The largest absolute Gasteiger partial charge is 0.379 e. The van der Waals surface area contributed by atoms with Crippen LogP contribution >= 0.6 is 46.4 Å². The quantitative estimate of drug-likeness (QED) is 0.200. The molecule has 0 unspecified atom stereocenters. The fraction of sp³-hybridized carbons (Fsp3) is 0.500. The van der Waals surface area contributed by atoms with Gasteiger partial charge in [0.05, 0.1) is 39.6 Å². The standard InChI is InChI=1S/C24H30Cl4O4/c25-21-7-5-8-22(26)19(21)17-31-15-13-29-11-3-1-2-4-12-30-14-16-32-18-20-23(27)9-6-10-24(20)28/h5-10H,1-4,11-18H2. The summed E-state index contributed by atoms with van der Waals surface area (Å²) in [5.41, 5.74) is 1.63. The van der Waals surface area contributed by atoms with Gasteiger partial charge in [0, 0.05) is 44.4 Å². The van der Waals surface area contributed by atoms with Gasteiger partial charge in [0.25, 0.3) is 0 Å². The second-order valence-electron chi connectivity index (χ2n) is 7.14. The maximum absolute atomic E-state index is 6.11. The van der Waals surface area contributed by atoms with E-state index in [1.54, 1.807) is 24.3 Å². The van der Waals surface area contributed by atoms with Crippen molar-refractivity contribution in [2.45, 2.75) is 38.9 Å². The first kappa shape index (κ1) is 27.7. The smallest absolute Gasteiger partial charge is 0.0747 e. The van der Waals surface area contributed by atoms with Gasteiger partial charge in [0.15, 0.2) is 0 Å². The van der Waals surface area contributed by atoms with E-state index in [9.17, 15) is 0 Å². The van der Waals surface area contributed by atoms with Gasteiger partial charge in [-0.1, -0.05) is 71.4 Å². The molecule has 0 atom stereocenters. The lowest BCUT2D eigenvalue weighted by molar-refractivity contribution is 0.0362. The van der Waals surface area contributed by atoms with E-state index in [4.69, 9.17) is 65.4 Å². The van der Waals surface area contributed by atoms with Gasteiger partial charge in [-0.3, -0.25) is 0 Å². The highest BCUT2D eigenvalue weighted by Gasteiger charge is 2.06. The molecule has 8 heteroatoms. The second-order valence-corrected chi connectivity index (χ2v) is 8.77. The molecule has 2 aromatic carbocycles. The van der Waals surface area contributed by atoms with Crippen LogP contribution in [0.4, 0.5) is 0 Å². The van der Waals surface area contributed by atoms with Gasteiger partial charge >= 0.3 is 0 Å². The molecule has 0 spiro atoms. The predicted molar refractivity (Wildman–Crippen MR) is 132 cm³/mol. The number of unbranched alkanes of at least 4 members (excludes halogenated alkanes) is 3. The van der Waals surface area contributed by atoms with E-state index in [2.05, 4.69) is 0 Å². The normalized spacial score (nSPS) is 11.2. The predicted octanol–water partition coefficient (Wildman–Crippen LogP) is 7.63. The summed E-state index contributed by atoms with van der Waals surface area (Å²) in [5, 5.41) is 2.49. The second kappa shape index (κ2) is 17.0. The van der Waals surface area contributed by atoms with Crippen molar-refractivity contribution in [3.05, 3.63) is 67.6 Å². The first-order chi connectivity index (χ1) is 15.6. The maximum Gasteiger partial charge on any atom is 0.0747 e. The molecule has 2 rings (SSSR count). The molecule has 0 aliphatic carbocycles.